The third-order valence-corrected chi connectivity index (χ3v) is 2.78. The molecule has 0 aliphatic heterocycles. The predicted octanol–water partition coefficient (Wildman–Crippen LogP) is 2.00. The second-order valence-electron chi connectivity index (χ2n) is 4.01. The molecule has 0 bridgehead atoms. The number of aldehydes is 1. The third-order valence-electron chi connectivity index (χ3n) is 2.78. The molecule has 1 heterocycles. The zero-order chi connectivity index (χ0) is 13.3. The Morgan fingerprint density at radius 3 is 2.67 bits per heavy atom. The maximum atomic E-state index is 11.3. The number of benzene rings is 1. The van der Waals surface area contributed by atoms with E-state index in [1.54, 1.807) is 32.0 Å². The Balaban J connectivity index is 2.66. The van der Waals surface area contributed by atoms with Gasteiger partial charge >= 0.3 is 5.97 Å². The standard InChI is InChI=1S/C13H12N2O3/c1-8-4-3-5-11(12(8)13(17)18)15-6-10(7-16)9(2)14-15/h3-7H,1-2H3,(H,17,18). The molecule has 18 heavy (non-hydrogen) atoms. The Hall–Kier alpha value is -2.43. The molecule has 2 aromatic rings. The van der Waals surface area contributed by atoms with Crippen LogP contribution in [0.1, 0.15) is 32.0 Å². The zero-order valence-corrected chi connectivity index (χ0v) is 10.0. The summed E-state index contributed by atoms with van der Waals surface area (Å²) in [4.78, 5) is 22.1. The highest BCUT2D eigenvalue weighted by Gasteiger charge is 2.16. The van der Waals surface area contributed by atoms with Gasteiger partial charge in [0.1, 0.15) is 0 Å². The summed E-state index contributed by atoms with van der Waals surface area (Å²) in [6.45, 7) is 3.43. The largest absolute Gasteiger partial charge is 0.478 e. The summed E-state index contributed by atoms with van der Waals surface area (Å²) in [6.07, 6.45) is 2.23. The summed E-state index contributed by atoms with van der Waals surface area (Å²) in [6, 6.07) is 5.15. The number of hydrogen-bond donors (Lipinski definition) is 1. The first-order valence-electron chi connectivity index (χ1n) is 5.39. The van der Waals surface area contributed by atoms with Gasteiger partial charge in [-0.3, -0.25) is 4.79 Å². The summed E-state index contributed by atoms with van der Waals surface area (Å²) in [5.41, 5.74) is 2.33. The molecule has 0 saturated heterocycles. The molecule has 92 valence electrons. The molecule has 0 unspecified atom stereocenters. The maximum Gasteiger partial charge on any atom is 0.338 e. The fourth-order valence-electron chi connectivity index (χ4n) is 1.83. The van der Waals surface area contributed by atoms with Gasteiger partial charge in [-0.15, -0.1) is 0 Å². The van der Waals surface area contributed by atoms with Crippen molar-refractivity contribution in [2.45, 2.75) is 13.8 Å². The minimum atomic E-state index is -1.01. The smallest absolute Gasteiger partial charge is 0.338 e. The summed E-state index contributed by atoms with van der Waals surface area (Å²) in [5, 5.41) is 13.4. The van der Waals surface area contributed by atoms with E-state index in [2.05, 4.69) is 5.10 Å². The summed E-state index contributed by atoms with van der Waals surface area (Å²) >= 11 is 0. The maximum absolute atomic E-state index is 11.3. The van der Waals surface area contributed by atoms with E-state index in [9.17, 15) is 14.7 Å². The number of nitrogens with zero attached hydrogens (tertiary/aromatic N) is 2. The van der Waals surface area contributed by atoms with Gasteiger partial charge in [0.2, 0.25) is 0 Å². The van der Waals surface area contributed by atoms with E-state index >= 15 is 0 Å². The Labute approximate surface area is 104 Å². The Kier molecular flexibility index (Phi) is 2.97. The monoisotopic (exact) mass is 244 g/mol. The van der Waals surface area contributed by atoms with Crippen LogP contribution in [0.25, 0.3) is 5.69 Å². The molecule has 0 aliphatic carbocycles. The molecule has 0 spiro atoms. The minimum Gasteiger partial charge on any atom is -0.478 e. The summed E-state index contributed by atoms with van der Waals surface area (Å²) in [7, 11) is 0. The highest BCUT2D eigenvalue weighted by atomic mass is 16.4. The Bertz CT molecular complexity index is 629. The molecule has 0 amide bonds. The van der Waals surface area contributed by atoms with Crippen LogP contribution in [0.3, 0.4) is 0 Å². The van der Waals surface area contributed by atoms with Crippen molar-refractivity contribution in [1.29, 1.82) is 0 Å². The molecule has 5 nitrogen and oxygen atoms in total. The van der Waals surface area contributed by atoms with Crippen molar-refractivity contribution < 1.29 is 14.7 Å². The molecular formula is C13H12N2O3. The lowest BCUT2D eigenvalue weighted by atomic mass is 10.1. The van der Waals surface area contributed by atoms with Crippen LogP contribution in [0.4, 0.5) is 0 Å². The van der Waals surface area contributed by atoms with Crippen LogP contribution in [0.15, 0.2) is 24.4 Å². The average Bonchev–Trinajstić information content (AvgIpc) is 2.69. The summed E-state index contributed by atoms with van der Waals surface area (Å²) < 4.78 is 1.43. The van der Waals surface area contributed by atoms with Crippen molar-refractivity contribution in [3.05, 3.63) is 46.8 Å². The van der Waals surface area contributed by atoms with E-state index in [0.29, 0.717) is 28.8 Å². The Morgan fingerprint density at radius 2 is 2.11 bits per heavy atom. The molecule has 1 aromatic carbocycles. The molecule has 0 saturated carbocycles. The van der Waals surface area contributed by atoms with Crippen LogP contribution in [0.5, 0.6) is 0 Å². The fraction of sp³-hybridized carbons (Fsp3) is 0.154. The van der Waals surface area contributed by atoms with E-state index in [0.717, 1.165) is 0 Å². The van der Waals surface area contributed by atoms with Crippen molar-refractivity contribution in [3.63, 3.8) is 0 Å². The highest BCUT2D eigenvalue weighted by molar-refractivity contribution is 5.93. The minimum absolute atomic E-state index is 0.192. The summed E-state index contributed by atoms with van der Waals surface area (Å²) in [5.74, 6) is -1.01. The van der Waals surface area contributed by atoms with E-state index in [4.69, 9.17) is 0 Å². The molecule has 0 radical (unpaired) electrons. The van der Waals surface area contributed by atoms with E-state index in [1.165, 1.54) is 10.9 Å². The number of rotatable bonds is 3. The third kappa shape index (κ3) is 1.90. The van der Waals surface area contributed by atoms with E-state index < -0.39 is 5.97 Å². The van der Waals surface area contributed by atoms with Crippen molar-refractivity contribution >= 4 is 12.3 Å². The van der Waals surface area contributed by atoms with Gasteiger partial charge in [0.15, 0.2) is 6.29 Å². The average molecular weight is 244 g/mol. The van der Waals surface area contributed by atoms with Crippen LogP contribution in [0.2, 0.25) is 0 Å². The lowest BCUT2D eigenvalue weighted by Crippen LogP contribution is -2.08. The van der Waals surface area contributed by atoms with E-state index in [-0.39, 0.29) is 5.56 Å². The van der Waals surface area contributed by atoms with Crippen molar-refractivity contribution in [2.24, 2.45) is 0 Å². The molecule has 0 fully saturated rings. The van der Waals surface area contributed by atoms with Gasteiger partial charge in [-0.05, 0) is 25.5 Å². The predicted molar refractivity (Wildman–Crippen MR) is 65.4 cm³/mol. The van der Waals surface area contributed by atoms with Crippen molar-refractivity contribution in [1.82, 2.24) is 9.78 Å². The molecule has 1 N–H and O–H groups in total. The SMILES string of the molecule is Cc1cccc(-n2cc(C=O)c(C)n2)c1C(=O)O. The molecule has 1 aromatic heterocycles. The van der Waals surface area contributed by atoms with Crippen LogP contribution < -0.4 is 0 Å². The molecule has 5 heteroatoms. The van der Waals surface area contributed by atoms with Gasteiger partial charge in [0, 0.05) is 6.20 Å². The van der Waals surface area contributed by atoms with Gasteiger partial charge < -0.3 is 5.11 Å². The highest BCUT2D eigenvalue weighted by Crippen LogP contribution is 2.19. The first kappa shape index (κ1) is 12.0. The molecule has 2 rings (SSSR count). The number of aryl methyl sites for hydroxylation is 2. The van der Waals surface area contributed by atoms with Gasteiger partial charge in [-0.1, -0.05) is 12.1 Å². The fourth-order valence-corrected chi connectivity index (χ4v) is 1.83. The normalized spacial score (nSPS) is 10.3. The van der Waals surface area contributed by atoms with Crippen LogP contribution >= 0.6 is 0 Å². The lowest BCUT2D eigenvalue weighted by Gasteiger charge is -2.08. The quantitative estimate of drug-likeness (QED) is 0.838. The van der Waals surface area contributed by atoms with Crippen LogP contribution in [-0.2, 0) is 0 Å². The van der Waals surface area contributed by atoms with Gasteiger partial charge in [0.25, 0.3) is 0 Å². The Morgan fingerprint density at radius 1 is 1.39 bits per heavy atom. The van der Waals surface area contributed by atoms with Gasteiger partial charge in [-0.25, -0.2) is 9.48 Å². The van der Waals surface area contributed by atoms with Crippen LogP contribution in [-0.4, -0.2) is 27.1 Å². The van der Waals surface area contributed by atoms with Gasteiger partial charge in [-0.2, -0.15) is 5.10 Å². The number of carbonyl (C=O) groups excluding carboxylic acids is 1. The number of aromatic nitrogens is 2. The molecule has 0 atom stereocenters. The second kappa shape index (κ2) is 4.44. The van der Waals surface area contributed by atoms with Crippen molar-refractivity contribution in [2.75, 3.05) is 0 Å². The first-order chi connectivity index (χ1) is 8.54. The van der Waals surface area contributed by atoms with Crippen molar-refractivity contribution in [3.8, 4) is 5.69 Å². The van der Waals surface area contributed by atoms with Gasteiger partial charge in [0.05, 0.1) is 22.5 Å². The molecular weight excluding hydrogens is 232 g/mol. The number of carbonyl (C=O) groups is 2. The number of carboxylic acid groups (broad SMARTS) is 1. The lowest BCUT2D eigenvalue weighted by molar-refractivity contribution is 0.0696. The first-order valence-corrected chi connectivity index (χ1v) is 5.39. The number of aromatic carboxylic acids is 1. The zero-order valence-electron chi connectivity index (χ0n) is 10.0. The van der Waals surface area contributed by atoms with Crippen LogP contribution in [0, 0.1) is 13.8 Å². The van der Waals surface area contributed by atoms with E-state index in [1.807, 2.05) is 0 Å². The second-order valence-corrected chi connectivity index (χ2v) is 4.01. The number of hydrogen-bond acceptors (Lipinski definition) is 3. The topological polar surface area (TPSA) is 72.2 Å². The molecule has 0 aliphatic rings. The number of carboxylic acids is 1.